The van der Waals surface area contributed by atoms with Crippen molar-refractivity contribution in [2.75, 3.05) is 0 Å². The predicted molar refractivity (Wildman–Crippen MR) is 196 cm³/mol. The van der Waals surface area contributed by atoms with Gasteiger partial charge in [0.25, 0.3) is 0 Å². The number of furan rings is 1. The summed E-state index contributed by atoms with van der Waals surface area (Å²) in [6, 6.07) is 52.1. The molecular weight excluding hydrogens is 572 g/mol. The average molecular weight is 599 g/mol. The van der Waals surface area contributed by atoms with Crippen LogP contribution in [0.3, 0.4) is 0 Å². The fourth-order valence-electron chi connectivity index (χ4n) is 7.27. The van der Waals surface area contributed by atoms with E-state index in [9.17, 15) is 0 Å². The number of hydrogen-bond donors (Lipinski definition) is 0. The Balaban J connectivity index is 1.08. The number of fused-ring (bicyclic) bond motifs is 10. The van der Waals surface area contributed by atoms with E-state index in [2.05, 4.69) is 151 Å². The van der Waals surface area contributed by atoms with Gasteiger partial charge in [0.2, 0.25) is 0 Å². The maximum atomic E-state index is 6.55. The van der Waals surface area contributed by atoms with E-state index in [1.807, 2.05) is 0 Å². The van der Waals surface area contributed by atoms with Gasteiger partial charge in [-0.2, -0.15) is 0 Å². The predicted octanol–water partition coefficient (Wildman–Crippen LogP) is 12.0. The van der Waals surface area contributed by atoms with E-state index in [4.69, 9.17) is 9.40 Å². The fourth-order valence-corrected chi connectivity index (χ4v) is 7.27. The Kier molecular flexibility index (Phi) is 5.57. The molecule has 0 saturated heterocycles. The van der Waals surface area contributed by atoms with Crippen molar-refractivity contribution in [1.29, 1.82) is 0 Å². The van der Waals surface area contributed by atoms with Crippen molar-refractivity contribution < 1.29 is 4.42 Å². The van der Waals surface area contributed by atoms with E-state index >= 15 is 0 Å². The molecule has 0 radical (unpaired) electrons. The highest BCUT2D eigenvalue weighted by Crippen LogP contribution is 2.40. The molecule has 0 N–H and O–H groups in total. The second kappa shape index (κ2) is 10.1. The van der Waals surface area contributed by atoms with Crippen LogP contribution in [0, 0.1) is 0 Å². The molecule has 0 unspecified atom stereocenters. The molecule has 2 aromatic heterocycles. The van der Waals surface area contributed by atoms with Gasteiger partial charge in [-0.3, -0.25) is 9.97 Å². The molecule has 0 fully saturated rings. The first kappa shape index (κ1) is 26.0. The second-order valence-corrected chi connectivity index (χ2v) is 12.2. The molecule has 0 spiro atoms. The standard InChI is InChI=1S/C44H26N2O/c1-2-9-31-26-41-40(25-30(31)8-1)38-17-7-16-34(44(38)47-41)33-13-6-12-29(23-33)27-10-5-11-28(22-27)32-18-19-37-39(24-32)35-14-3-4-15-36(35)42-43(37)46-21-20-45-42/h1-26H. The molecule has 0 aliphatic carbocycles. The maximum absolute atomic E-state index is 6.55. The summed E-state index contributed by atoms with van der Waals surface area (Å²) in [5.74, 6) is 0. The molecule has 0 bridgehead atoms. The van der Waals surface area contributed by atoms with Crippen molar-refractivity contribution in [3.05, 3.63) is 158 Å². The first-order valence-corrected chi connectivity index (χ1v) is 15.9. The summed E-state index contributed by atoms with van der Waals surface area (Å²) in [6.07, 6.45) is 3.55. The zero-order valence-electron chi connectivity index (χ0n) is 25.3. The van der Waals surface area contributed by atoms with Crippen molar-refractivity contribution in [1.82, 2.24) is 9.97 Å². The minimum Gasteiger partial charge on any atom is -0.455 e. The van der Waals surface area contributed by atoms with Gasteiger partial charge in [0.1, 0.15) is 11.2 Å². The van der Waals surface area contributed by atoms with Crippen molar-refractivity contribution in [2.45, 2.75) is 0 Å². The molecule has 10 rings (SSSR count). The SMILES string of the molecule is c1cc(-c2cccc(-c3cccc4c3oc3cc5ccccc5cc34)c2)cc(-c2ccc3c(c2)c2ccccc2c2nccnc32)c1. The van der Waals surface area contributed by atoms with Gasteiger partial charge in [0.15, 0.2) is 0 Å². The molecule has 3 nitrogen and oxygen atoms in total. The van der Waals surface area contributed by atoms with Gasteiger partial charge in [0.05, 0.1) is 11.0 Å². The van der Waals surface area contributed by atoms with Gasteiger partial charge in [-0.15, -0.1) is 0 Å². The third-order valence-corrected chi connectivity index (χ3v) is 9.51. The van der Waals surface area contributed by atoms with Gasteiger partial charge in [-0.1, -0.05) is 115 Å². The molecule has 0 aliphatic rings. The van der Waals surface area contributed by atoms with Crippen LogP contribution in [0.15, 0.2) is 162 Å². The highest BCUT2D eigenvalue weighted by Gasteiger charge is 2.15. The van der Waals surface area contributed by atoms with Crippen LogP contribution < -0.4 is 0 Å². The van der Waals surface area contributed by atoms with Crippen LogP contribution in [0.1, 0.15) is 0 Å². The summed E-state index contributed by atoms with van der Waals surface area (Å²) in [6.45, 7) is 0. The van der Waals surface area contributed by atoms with E-state index < -0.39 is 0 Å². The van der Waals surface area contributed by atoms with Gasteiger partial charge in [-0.05, 0) is 79.7 Å². The van der Waals surface area contributed by atoms with E-state index in [1.165, 1.54) is 38.2 Å². The molecule has 3 heteroatoms. The largest absolute Gasteiger partial charge is 0.455 e. The lowest BCUT2D eigenvalue weighted by atomic mass is 9.93. The van der Waals surface area contributed by atoms with Crippen LogP contribution in [0.4, 0.5) is 0 Å². The number of aromatic nitrogens is 2. The summed E-state index contributed by atoms with van der Waals surface area (Å²) >= 11 is 0. The molecule has 2 heterocycles. The van der Waals surface area contributed by atoms with E-state index in [0.717, 1.165) is 60.4 Å². The van der Waals surface area contributed by atoms with Crippen molar-refractivity contribution >= 4 is 65.3 Å². The topological polar surface area (TPSA) is 38.9 Å². The van der Waals surface area contributed by atoms with Crippen LogP contribution in [0.5, 0.6) is 0 Å². The summed E-state index contributed by atoms with van der Waals surface area (Å²) in [7, 11) is 0. The van der Waals surface area contributed by atoms with E-state index in [-0.39, 0.29) is 0 Å². The number of rotatable bonds is 3. The monoisotopic (exact) mass is 598 g/mol. The second-order valence-electron chi connectivity index (χ2n) is 12.2. The summed E-state index contributed by atoms with van der Waals surface area (Å²) in [4.78, 5) is 9.41. The molecule has 0 atom stereocenters. The van der Waals surface area contributed by atoms with Crippen LogP contribution in [0.25, 0.3) is 98.7 Å². The smallest absolute Gasteiger partial charge is 0.143 e. The minimum absolute atomic E-state index is 0.915. The lowest BCUT2D eigenvalue weighted by Crippen LogP contribution is -1.89. The van der Waals surface area contributed by atoms with Gasteiger partial charge in [-0.25, -0.2) is 0 Å². The molecule has 8 aromatic carbocycles. The molecule has 218 valence electrons. The number of benzene rings is 8. The highest BCUT2D eigenvalue weighted by molar-refractivity contribution is 6.23. The number of nitrogens with zero attached hydrogens (tertiary/aromatic N) is 2. The maximum Gasteiger partial charge on any atom is 0.143 e. The van der Waals surface area contributed by atoms with E-state index in [1.54, 1.807) is 12.4 Å². The van der Waals surface area contributed by atoms with Gasteiger partial charge in [0, 0.05) is 39.5 Å². The van der Waals surface area contributed by atoms with Crippen LogP contribution in [0.2, 0.25) is 0 Å². The third kappa shape index (κ3) is 4.07. The van der Waals surface area contributed by atoms with Gasteiger partial charge >= 0.3 is 0 Å². The average Bonchev–Trinajstić information content (AvgIpc) is 3.51. The molecule has 47 heavy (non-hydrogen) atoms. The van der Waals surface area contributed by atoms with Crippen LogP contribution >= 0.6 is 0 Å². The lowest BCUT2D eigenvalue weighted by molar-refractivity contribution is 0.670. The van der Waals surface area contributed by atoms with Crippen molar-refractivity contribution in [2.24, 2.45) is 0 Å². The Hall–Kier alpha value is -6.32. The zero-order valence-corrected chi connectivity index (χ0v) is 25.3. The summed E-state index contributed by atoms with van der Waals surface area (Å²) in [5, 5.41) is 9.30. The lowest BCUT2D eigenvalue weighted by Gasteiger charge is -2.12. The Labute approximate surface area is 270 Å². The summed E-state index contributed by atoms with van der Waals surface area (Å²) in [5.41, 5.74) is 10.6. The van der Waals surface area contributed by atoms with Crippen LogP contribution in [-0.4, -0.2) is 9.97 Å². The first-order chi connectivity index (χ1) is 23.3. The quantitative estimate of drug-likeness (QED) is 0.190. The summed E-state index contributed by atoms with van der Waals surface area (Å²) < 4.78 is 6.55. The first-order valence-electron chi connectivity index (χ1n) is 15.9. The molecule has 0 saturated carbocycles. The van der Waals surface area contributed by atoms with Crippen molar-refractivity contribution in [3.63, 3.8) is 0 Å². The Morgan fingerprint density at radius 1 is 0.362 bits per heavy atom. The minimum atomic E-state index is 0.915. The zero-order chi connectivity index (χ0) is 30.9. The molecular formula is C44H26N2O. The Morgan fingerprint density at radius 2 is 0.936 bits per heavy atom. The highest BCUT2D eigenvalue weighted by atomic mass is 16.3. The molecule has 0 amide bonds. The third-order valence-electron chi connectivity index (χ3n) is 9.51. The fraction of sp³-hybridized carbons (Fsp3) is 0. The Bertz CT molecular complexity index is 2830. The molecule has 0 aliphatic heterocycles. The van der Waals surface area contributed by atoms with Gasteiger partial charge < -0.3 is 4.42 Å². The van der Waals surface area contributed by atoms with Crippen LogP contribution in [-0.2, 0) is 0 Å². The molecule has 10 aromatic rings. The number of para-hydroxylation sites is 1. The number of hydrogen-bond acceptors (Lipinski definition) is 3. The normalized spacial score (nSPS) is 11.8. The van der Waals surface area contributed by atoms with Crippen molar-refractivity contribution in [3.8, 4) is 33.4 Å². The Morgan fingerprint density at radius 3 is 1.70 bits per heavy atom. The van der Waals surface area contributed by atoms with E-state index in [0.29, 0.717) is 0 Å².